The van der Waals surface area contributed by atoms with E-state index in [0.29, 0.717) is 6.42 Å². The molecule has 0 rings (SSSR count). The molecule has 4 nitrogen and oxygen atoms in total. The quantitative estimate of drug-likeness (QED) is 0.211. The monoisotopic (exact) mass is 403 g/mol. The molecule has 1 N–H and O–H groups in total. The number of rotatable bonds is 18. The van der Waals surface area contributed by atoms with Crippen molar-refractivity contribution in [3.8, 4) is 0 Å². The topological polar surface area (TPSA) is 69.2 Å². The Balaban J connectivity index is 0. The molecule has 27 heavy (non-hydrogen) atoms. The summed E-state index contributed by atoms with van der Waals surface area (Å²) in [6.07, 6.45) is 22.4. The molecular weight excluding hydrogens is 365 g/mol. The average molecular weight is 404 g/mol. The first-order valence-corrected chi connectivity index (χ1v) is 10.3. The van der Waals surface area contributed by atoms with Crippen LogP contribution in [0.1, 0.15) is 90.9 Å². The minimum absolute atomic E-state index is 0. The van der Waals surface area contributed by atoms with Crippen LogP contribution in [0, 0.1) is 0 Å². The van der Waals surface area contributed by atoms with E-state index >= 15 is 0 Å². The number of ketones is 1. The first-order chi connectivity index (χ1) is 12.6. The number of aliphatic carboxylic acids is 1. The molecule has 0 aromatic carbocycles. The number of carboxylic acids is 1. The number of nitrogens with one attached hydrogen (secondary N) is 1. The summed E-state index contributed by atoms with van der Waals surface area (Å²) >= 11 is 0. The molecule has 0 amide bonds. The second-order valence-electron chi connectivity index (χ2n) is 6.94. The van der Waals surface area contributed by atoms with Gasteiger partial charge in [0.25, 0.3) is 0 Å². The van der Waals surface area contributed by atoms with Crippen LogP contribution in [0.25, 0.3) is 0 Å². The summed E-state index contributed by atoms with van der Waals surface area (Å²) in [5.74, 6) is -1.10. The smallest absolute Gasteiger partial charge is 0.548 e. The minimum Gasteiger partial charge on any atom is -0.548 e. The van der Waals surface area contributed by atoms with Gasteiger partial charge >= 0.3 is 51.4 Å². The first-order valence-electron chi connectivity index (χ1n) is 10.3. The van der Waals surface area contributed by atoms with E-state index in [9.17, 15) is 14.7 Å². The molecule has 150 valence electrons. The van der Waals surface area contributed by atoms with Crippen molar-refractivity contribution in [2.75, 3.05) is 6.54 Å². The zero-order chi connectivity index (χ0) is 19.5. The Morgan fingerprint density at radius 1 is 0.889 bits per heavy atom. The maximum absolute atomic E-state index is 11.6. The second kappa shape index (κ2) is 22.5. The number of hydrogen-bond donors (Lipinski definition) is 1. The summed E-state index contributed by atoms with van der Waals surface area (Å²) in [4.78, 5) is 22.1. The summed E-state index contributed by atoms with van der Waals surface area (Å²) in [7, 11) is 0. The van der Waals surface area contributed by atoms with Crippen LogP contribution in [0.4, 0.5) is 0 Å². The van der Waals surface area contributed by atoms with Gasteiger partial charge in [-0.3, -0.25) is 4.79 Å². The number of Topliss-reactive ketones (excluding diaryl/α,β-unsaturated/α-hetero) is 1. The molecule has 0 aromatic rings. The van der Waals surface area contributed by atoms with Gasteiger partial charge in [-0.25, -0.2) is 0 Å². The van der Waals surface area contributed by atoms with Gasteiger partial charge in [-0.1, -0.05) is 63.3 Å². The number of allylic oxidation sites excluding steroid dienone is 4. The Bertz CT molecular complexity index is 422. The van der Waals surface area contributed by atoms with E-state index < -0.39 is 12.0 Å². The maximum atomic E-state index is 11.6. The van der Waals surface area contributed by atoms with Crippen LogP contribution in [-0.2, 0) is 9.59 Å². The van der Waals surface area contributed by atoms with Crippen molar-refractivity contribution in [1.82, 2.24) is 5.32 Å². The van der Waals surface area contributed by atoms with Gasteiger partial charge in [0.2, 0.25) is 0 Å². The number of hydrogen-bond acceptors (Lipinski definition) is 4. The molecule has 0 aliphatic carbocycles. The maximum Gasteiger partial charge on any atom is 1.00 e. The van der Waals surface area contributed by atoms with Crippen molar-refractivity contribution in [2.24, 2.45) is 0 Å². The van der Waals surface area contributed by atoms with Gasteiger partial charge in [-0.2, -0.15) is 0 Å². The fourth-order valence-corrected chi connectivity index (χ4v) is 2.57. The van der Waals surface area contributed by atoms with Gasteiger partial charge in [-0.15, -0.1) is 0 Å². The van der Waals surface area contributed by atoms with Crippen LogP contribution in [0.5, 0.6) is 0 Å². The Morgan fingerprint density at radius 3 is 2.04 bits per heavy atom. The molecule has 0 saturated carbocycles. The molecule has 0 unspecified atom stereocenters. The summed E-state index contributed by atoms with van der Waals surface area (Å²) in [6, 6.07) is -0.774. The molecular formula is C22H38KNO3. The molecule has 0 spiro atoms. The fraction of sp³-hybridized carbons (Fsp3) is 0.727. The summed E-state index contributed by atoms with van der Waals surface area (Å²) in [6.45, 7) is 3.83. The first kappa shape index (κ1) is 29.4. The van der Waals surface area contributed by atoms with Gasteiger partial charge < -0.3 is 15.2 Å². The van der Waals surface area contributed by atoms with Crippen molar-refractivity contribution < 1.29 is 66.1 Å². The van der Waals surface area contributed by atoms with Crippen molar-refractivity contribution in [3.63, 3.8) is 0 Å². The second-order valence-corrected chi connectivity index (χ2v) is 6.94. The normalized spacial score (nSPS) is 12.4. The molecule has 0 heterocycles. The molecule has 0 fully saturated rings. The summed E-state index contributed by atoms with van der Waals surface area (Å²) in [5.41, 5.74) is 0. The molecule has 5 heteroatoms. The Labute approximate surface area is 209 Å². The minimum atomic E-state index is -1.17. The van der Waals surface area contributed by atoms with Crippen LogP contribution in [0.3, 0.4) is 0 Å². The van der Waals surface area contributed by atoms with Crippen LogP contribution in [0.2, 0.25) is 0 Å². The summed E-state index contributed by atoms with van der Waals surface area (Å²) < 4.78 is 0. The van der Waals surface area contributed by atoms with E-state index in [4.69, 9.17) is 0 Å². The predicted molar refractivity (Wildman–Crippen MR) is 107 cm³/mol. The zero-order valence-corrected chi connectivity index (χ0v) is 20.9. The third-order valence-corrected chi connectivity index (χ3v) is 4.37. The van der Waals surface area contributed by atoms with Gasteiger partial charge in [0, 0.05) is 12.5 Å². The van der Waals surface area contributed by atoms with Crippen molar-refractivity contribution in [2.45, 2.75) is 96.9 Å². The van der Waals surface area contributed by atoms with Crippen molar-refractivity contribution in [1.29, 1.82) is 0 Å². The number of carbonyl (C=O) groups is 2. The third-order valence-electron chi connectivity index (χ3n) is 4.37. The van der Waals surface area contributed by atoms with Crippen LogP contribution >= 0.6 is 0 Å². The number of carboxylic acid groups (broad SMARTS) is 1. The molecule has 0 aromatic heterocycles. The molecule has 0 saturated heterocycles. The van der Waals surface area contributed by atoms with E-state index in [1.54, 1.807) is 0 Å². The van der Waals surface area contributed by atoms with E-state index in [1.165, 1.54) is 45.4 Å². The van der Waals surface area contributed by atoms with Crippen LogP contribution < -0.4 is 61.8 Å². The van der Waals surface area contributed by atoms with Gasteiger partial charge in [0.15, 0.2) is 0 Å². The predicted octanol–water partition coefficient (Wildman–Crippen LogP) is 1.10. The standard InChI is InChI=1S/C22H39NO3.K/c1-3-4-5-6-7-8-9-10-11-12-13-14-15-16-17-18-21(24)19-23-20(2)22(25)26;/h7-8,10-11,20,23H,3-6,9,12-19H2,1-2H3,(H,25,26);/q;+1/p-1/b8-7-,11-10-;/t20-;/m0./s1. The third kappa shape index (κ3) is 22.4. The number of carbonyl (C=O) groups excluding carboxylic acids is 2. The Kier molecular flexibility index (Phi) is 24.5. The van der Waals surface area contributed by atoms with Crippen LogP contribution in [0.15, 0.2) is 24.3 Å². The molecule has 0 aliphatic rings. The SMILES string of the molecule is CCCCC/C=C\C/C=C\CCCCCCCC(=O)CN[C@@H](C)C(=O)[O-].[K+]. The Morgan fingerprint density at radius 2 is 1.44 bits per heavy atom. The van der Waals surface area contributed by atoms with Crippen molar-refractivity contribution >= 4 is 11.8 Å². The molecule has 0 bridgehead atoms. The van der Waals surface area contributed by atoms with E-state index in [1.807, 2.05) is 0 Å². The molecule has 0 aliphatic heterocycles. The van der Waals surface area contributed by atoms with E-state index in [0.717, 1.165) is 32.1 Å². The average Bonchev–Trinajstić information content (AvgIpc) is 2.62. The van der Waals surface area contributed by atoms with Gasteiger partial charge in [0.05, 0.1) is 12.5 Å². The largest absolute Gasteiger partial charge is 1.00 e. The zero-order valence-electron chi connectivity index (χ0n) is 17.8. The molecule has 0 radical (unpaired) electrons. The Hall–Kier alpha value is 0.216. The summed E-state index contributed by atoms with van der Waals surface area (Å²) in [5, 5.41) is 13.2. The molecule has 1 atom stereocenters. The van der Waals surface area contributed by atoms with Crippen molar-refractivity contribution in [3.05, 3.63) is 24.3 Å². The van der Waals surface area contributed by atoms with Crippen LogP contribution in [-0.4, -0.2) is 24.3 Å². The van der Waals surface area contributed by atoms with Gasteiger partial charge in [-0.05, 0) is 45.4 Å². The van der Waals surface area contributed by atoms with E-state index in [-0.39, 0.29) is 63.7 Å². The van der Waals surface area contributed by atoms with Gasteiger partial charge in [0.1, 0.15) is 5.78 Å². The fourth-order valence-electron chi connectivity index (χ4n) is 2.57. The van der Waals surface area contributed by atoms with E-state index in [2.05, 4.69) is 36.5 Å². The number of unbranched alkanes of at least 4 members (excludes halogenated alkanes) is 8.